The van der Waals surface area contributed by atoms with Crippen LogP contribution in [0.4, 0.5) is 0 Å². The normalized spacial score (nSPS) is 15.0. The van der Waals surface area contributed by atoms with Crippen molar-refractivity contribution in [2.24, 2.45) is 0 Å². The Kier molecular flexibility index (Phi) is 4.04. The summed E-state index contributed by atoms with van der Waals surface area (Å²) in [6, 6.07) is 1.64. The van der Waals surface area contributed by atoms with Gasteiger partial charge in [0.1, 0.15) is 5.72 Å². The van der Waals surface area contributed by atoms with E-state index < -0.39 is 5.72 Å². The van der Waals surface area contributed by atoms with Crippen LogP contribution in [0.25, 0.3) is 0 Å². The van der Waals surface area contributed by atoms with E-state index in [1.165, 1.54) is 6.20 Å². The number of nitrogens with one attached hydrogen (secondary N) is 1. The highest BCUT2D eigenvalue weighted by molar-refractivity contribution is 6.32. The molecule has 1 atom stereocenters. The zero-order chi connectivity index (χ0) is 11.5. The van der Waals surface area contributed by atoms with Gasteiger partial charge in [0.15, 0.2) is 0 Å². The van der Waals surface area contributed by atoms with Crippen molar-refractivity contribution in [3.8, 4) is 0 Å². The molecule has 1 unspecified atom stereocenters. The molecule has 1 rings (SSSR count). The lowest BCUT2D eigenvalue weighted by Crippen LogP contribution is -2.39. The Balaban J connectivity index is 3.24. The van der Waals surface area contributed by atoms with Crippen LogP contribution in [0.1, 0.15) is 24.6 Å². The Bertz CT molecular complexity index is 340. The molecule has 0 aromatic carbocycles. The summed E-state index contributed by atoms with van der Waals surface area (Å²) in [5.41, 5.74) is -0.270. The molecule has 0 amide bonds. The third-order valence-electron chi connectivity index (χ3n) is 2.48. The van der Waals surface area contributed by atoms with Crippen LogP contribution < -0.4 is 5.32 Å². The minimum absolute atomic E-state index is 0.240. The Morgan fingerprint density at radius 3 is 2.73 bits per heavy atom. The number of hydrogen-bond acceptors (Lipinski definition) is 4. The number of aromatic nitrogens is 1. The zero-order valence-electron chi connectivity index (χ0n) is 8.79. The van der Waals surface area contributed by atoms with E-state index in [4.69, 9.17) is 16.7 Å². The number of halogens is 1. The maximum absolute atomic E-state index is 10.2. The summed E-state index contributed by atoms with van der Waals surface area (Å²) < 4.78 is 0. The third-order valence-corrected chi connectivity index (χ3v) is 2.90. The van der Waals surface area contributed by atoms with E-state index in [0.29, 0.717) is 22.7 Å². The summed E-state index contributed by atoms with van der Waals surface area (Å²) in [4.78, 5) is 3.92. The first-order valence-electron chi connectivity index (χ1n) is 4.75. The smallest absolute Gasteiger partial charge is 0.143 e. The van der Waals surface area contributed by atoms with Gasteiger partial charge in [-0.2, -0.15) is 0 Å². The molecule has 84 valence electrons. The van der Waals surface area contributed by atoms with E-state index in [2.05, 4.69) is 10.3 Å². The van der Waals surface area contributed by atoms with Crippen molar-refractivity contribution < 1.29 is 10.2 Å². The molecule has 3 N–H and O–H groups in total. The van der Waals surface area contributed by atoms with E-state index in [1.807, 2.05) is 6.92 Å². The van der Waals surface area contributed by atoms with Gasteiger partial charge < -0.3 is 10.2 Å². The lowest BCUT2D eigenvalue weighted by Gasteiger charge is -2.27. The van der Waals surface area contributed by atoms with Crippen molar-refractivity contribution in [1.82, 2.24) is 10.3 Å². The third kappa shape index (κ3) is 2.29. The standard InChI is InChI=1S/C10H15ClN2O2/c1-3-10(15,12-2)7-4-5-13-8(6-14)9(7)11/h4-5,12,14-15H,3,6H2,1-2H3. The first-order chi connectivity index (χ1) is 7.09. The molecule has 0 aliphatic carbocycles. The van der Waals surface area contributed by atoms with Gasteiger partial charge in [-0.25, -0.2) is 0 Å². The molecule has 1 heterocycles. The molecule has 0 aliphatic rings. The Morgan fingerprint density at radius 2 is 2.27 bits per heavy atom. The van der Waals surface area contributed by atoms with Crippen LogP contribution in [0.2, 0.25) is 5.02 Å². The van der Waals surface area contributed by atoms with Crippen molar-refractivity contribution in [3.63, 3.8) is 0 Å². The molecule has 0 aliphatic heterocycles. The van der Waals surface area contributed by atoms with Gasteiger partial charge in [-0.15, -0.1) is 0 Å². The van der Waals surface area contributed by atoms with Crippen molar-refractivity contribution >= 4 is 11.6 Å². The molecule has 0 radical (unpaired) electrons. The first-order valence-corrected chi connectivity index (χ1v) is 5.12. The minimum Gasteiger partial charge on any atom is -0.390 e. The summed E-state index contributed by atoms with van der Waals surface area (Å²) in [5, 5.41) is 22.3. The molecule has 1 aromatic rings. The fourth-order valence-corrected chi connectivity index (χ4v) is 1.75. The van der Waals surface area contributed by atoms with Gasteiger partial charge in [-0.3, -0.25) is 10.3 Å². The average molecular weight is 231 g/mol. The zero-order valence-corrected chi connectivity index (χ0v) is 9.54. The van der Waals surface area contributed by atoms with Crippen molar-refractivity contribution in [2.45, 2.75) is 25.7 Å². The molecular weight excluding hydrogens is 216 g/mol. The van der Waals surface area contributed by atoms with Crippen LogP contribution in [-0.4, -0.2) is 22.2 Å². The SMILES string of the molecule is CCC(O)(NC)c1ccnc(CO)c1Cl. The second-order valence-electron chi connectivity index (χ2n) is 3.24. The Hall–Kier alpha value is -0.680. The summed E-state index contributed by atoms with van der Waals surface area (Å²) in [5.74, 6) is 0. The van der Waals surface area contributed by atoms with Gasteiger partial charge >= 0.3 is 0 Å². The Labute approximate surface area is 93.9 Å². The molecule has 5 heteroatoms. The van der Waals surface area contributed by atoms with E-state index in [9.17, 15) is 5.11 Å². The lowest BCUT2D eigenvalue weighted by atomic mass is 10.0. The van der Waals surface area contributed by atoms with Crippen LogP contribution >= 0.6 is 11.6 Å². The molecule has 15 heavy (non-hydrogen) atoms. The lowest BCUT2D eigenvalue weighted by molar-refractivity contribution is 0.00400. The number of hydrogen-bond donors (Lipinski definition) is 3. The van der Waals surface area contributed by atoms with Crippen molar-refractivity contribution in [2.75, 3.05) is 7.05 Å². The summed E-state index contributed by atoms with van der Waals surface area (Å²) >= 11 is 6.03. The predicted octanol–water partition coefficient (Wildman–Crippen LogP) is 1.00. The minimum atomic E-state index is -1.18. The highest BCUT2D eigenvalue weighted by atomic mass is 35.5. The molecule has 4 nitrogen and oxygen atoms in total. The molecule has 0 bridgehead atoms. The van der Waals surface area contributed by atoms with Crippen LogP contribution in [0.3, 0.4) is 0 Å². The molecule has 0 spiro atoms. The second kappa shape index (κ2) is 4.90. The van der Waals surface area contributed by atoms with Gasteiger partial charge in [0, 0.05) is 11.8 Å². The molecule has 0 saturated carbocycles. The predicted molar refractivity (Wildman–Crippen MR) is 58.4 cm³/mol. The van der Waals surface area contributed by atoms with Crippen molar-refractivity contribution in [1.29, 1.82) is 0 Å². The van der Waals surface area contributed by atoms with Gasteiger partial charge in [0.2, 0.25) is 0 Å². The maximum atomic E-state index is 10.2. The van der Waals surface area contributed by atoms with E-state index in [1.54, 1.807) is 13.1 Å². The average Bonchev–Trinajstić information content (AvgIpc) is 2.28. The fraction of sp³-hybridized carbons (Fsp3) is 0.500. The largest absolute Gasteiger partial charge is 0.390 e. The quantitative estimate of drug-likeness (QED) is 0.676. The fourth-order valence-electron chi connectivity index (χ4n) is 1.42. The summed E-state index contributed by atoms with van der Waals surface area (Å²) in [7, 11) is 1.65. The second-order valence-corrected chi connectivity index (χ2v) is 3.62. The molecular formula is C10H15ClN2O2. The highest BCUT2D eigenvalue weighted by Gasteiger charge is 2.28. The van der Waals surface area contributed by atoms with E-state index in [0.717, 1.165) is 0 Å². The van der Waals surface area contributed by atoms with Gasteiger partial charge in [-0.05, 0) is 19.5 Å². The number of rotatable bonds is 4. The molecule has 1 aromatic heterocycles. The van der Waals surface area contributed by atoms with Crippen LogP contribution in [0.5, 0.6) is 0 Å². The molecule has 0 saturated heterocycles. The Morgan fingerprint density at radius 1 is 1.60 bits per heavy atom. The highest BCUT2D eigenvalue weighted by Crippen LogP contribution is 2.29. The van der Waals surface area contributed by atoms with Gasteiger partial charge in [0.25, 0.3) is 0 Å². The van der Waals surface area contributed by atoms with E-state index in [-0.39, 0.29) is 6.61 Å². The van der Waals surface area contributed by atoms with Crippen LogP contribution in [0.15, 0.2) is 12.3 Å². The topological polar surface area (TPSA) is 65.4 Å². The van der Waals surface area contributed by atoms with Gasteiger partial charge in [0.05, 0.1) is 17.3 Å². The van der Waals surface area contributed by atoms with Crippen molar-refractivity contribution in [3.05, 3.63) is 28.5 Å². The number of aliphatic hydroxyl groups excluding tert-OH is 1. The first kappa shape index (κ1) is 12.4. The molecule has 0 fully saturated rings. The van der Waals surface area contributed by atoms with Crippen LogP contribution in [-0.2, 0) is 12.3 Å². The monoisotopic (exact) mass is 230 g/mol. The number of pyridine rings is 1. The van der Waals surface area contributed by atoms with E-state index >= 15 is 0 Å². The van der Waals surface area contributed by atoms with Crippen LogP contribution in [0, 0.1) is 0 Å². The summed E-state index contributed by atoms with van der Waals surface area (Å²) in [6.07, 6.45) is 1.99. The maximum Gasteiger partial charge on any atom is 0.143 e. The number of nitrogens with zero attached hydrogens (tertiary/aromatic N) is 1. The summed E-state index contributed by atoms with van der Waals surface area (Å²) in [6.45, 7) is 1.60. The number of aliphatic hydroxyl groups is 2. The van der Waals surface area contributed by atoms with Gasteiger partial charge in [-0.1, -0.05) is 18.5 Å².